The molecular weight excluding hydrogens is 376 g/mol. The van der Waals surface area contributed by atoms with Crippen molar-refractivity contribution in [3.8, 4) is 0 Å². The Labute approximate surface area is 167 Å². The van der Waals surface area contributed by atoms with Crippen LogP contribution in [0.25, 0.3) is 21.0 Å². The molecule has 4 aromatic rings. The van der Waals surface area contributed by atoms with Gasteiger partial charge in [0.15, 0.2) is 0 Å². The summed E-state index contributed by atoms with van der Waals surface area (Å²) in [5.41, 5.74) is 2.91. The van der Waals surface area contributed by atoms with Crippen LogP contribution in [0.3, 0.4) is 0 Å². The highest BCUT2D eigenvalue weighted by atomic mass is 35.5. The molecule has 0 aliphatic heterocycles. The minimum absolute atomic E-state index is 0.00352. The van der Waals surface area contributed by atoms with Crippen LogP contribution < -0.4 is 4.90 Å². The molecule has 0 fully saturated rings. The molecule has 27 heavy (non-hydrogen) atoms. The normalized spacial score (nSPS) is 11.2. The molecule has 0 aliphatic carbocycles. The van der Waals surface area contributed by atoms with E-state index in [0.29, 0.717) is 16.6 Å². The Morgan fingerprint density at radius 3 is 2.70 bits per heavy atom. The number of pyridine rings is 1. The van der Waals surface area contributed by atoms with Crippen molar-refractivity contribution in [1.82, 2.24) is 4.98 Å². The minimum Gasteiger partial charge on any atom is -0.308 e. The number of fused-ring (bicyclic) bond motifs is 3. The van der Waals surface area contributed by atoms with Gasteiger partial charge in [0.05, 0.1) is 10.4 Å². The van der Waals surface area contributed by atoms with Crippen molar-refractivity contribution in [2.24, 2.45) is 0 Å². The second kappa shape index (κ2) is 7.29. The van der Waals surface area contributed by atoms with E-state index < -0.39 is 0 Å². The maximum Gasteiger partial charge on any atom is 0.268 e. The molecule has 0 saturated carbocycles. The highest BCUT2D eigenvalue weighted by Crippen LogP contribution is 2.36. The zero-order valence-electron chi connectivity index (χ0n) is 15.2. The molecule has 4 rings (SSSR count). The van der Waals surface area contributed by atoms with Gasteiger partial charge in [0, 0.05) is 27.7 Å². The summed E-state index contributed by atoms with van der Waals surface area (Å²) in [5.74, 6) is 0.00352. The quantitative estimate of drug-likeness (QED) is 0.372. The van der Waals surface area contributed by atoms with Gasteiger partial charge < -0.3 is 4.90 Å². The van der Waals surface area contributed by atoms with E-state index in [-0.39, 0.29) is 5.91 Å². The standard InChI is InChI=1S/C22H19ClN2OS/c1-3-11-25(15-8-6-7-14(2)12-15)22(26)19-13-17-20(27-19)16-9-4-5-10-18(16)24-21(17)23/h4-10,12-13H,3,11H2,1-2H3. The average Bonchev–Trinajstić information content (AvgIpc) is 3.12. The third-order valence-corrected chi connectivity index (χ3v) is 5.98. The molecule has 0 atom stereocenters. The molecule has 1 amide bonds. The number of carbonyl (C=O) groups is 1. The van der Waals surface area contributed by atoms with E-state index in [1.54, 1.807) is 0 Å². The molecule has 0 bridgehead atoms. The summed E-state index contributed by atoms with van der Waals surface area (Å²) in [6.07, 6.45) is 0.885. The first-order chi connectivity index (χ1) is 13.1. The fourth-order valence-corrected chi connectivity index (χ4v) is 4.72. The Balaban J connectivity index is 1.83. The van der Waals surface area contributed by atoms with Gasteiger partial charge in [-0.15, -0.1) is 11.3 Å². The SMILES string of the molecule is CCCN(C(=O)c1cc2c(Cl)nc3ccccc3c2s1)c1cccc(C)c1. The predicted molar refractivity (Wildman–Crippen MR) is 115 cm³/mol. The van der Waals surface area contributed by atoms with E-state index in [4.69, 9.17) is 11.6 Å². The number of benzene rings is 2. The van der Waals surface area contributed by atoms with E-state index >= 15 is 0 Å². The Kier molecular flexibility index (Phi) is 4.85. The van der Waals surface area contributed by atoms with Gasteiger partial charge in [-0.25, -0.2) is 4.98 Å². The van der Waals surface area contributed by atoms with Gasteiger partial charge in [0.25, 0.3) is 5.91 Å². The summed E-state index contributed by atoms with van der Waals surface area (Å²) >= 11 is 7.89. The smallest absolute Gasteiger partial charge is 0.268 e. The van der Waals surface area contributed by atoms with Crippen molar-refractivity contribution >= 4 is 55.5 Å². The molecule has 0 N–H and O–H groups in total. The summed E-state index contributed by atoms with van der Waals surface area (Å²) in [6.45, 7) is 4.79. The largest absolute Gasteiger partial charge is 0.308 e. The van der Waals surface area contributed by atoms with Crippen molar-refractivity contribution in [3.05, 3.63) is 70.2 Å². The van der Waals surface area contributed by atoms with Gasteiger partial charge in [0.2, 0.25) is 0 Å². The molecular formula is C22H19ClN2OS. The second-order valence-corrected chi connectivity index (χ2v) is 7.98. The van der Waals surface area contributed by atoms with Crippen LogP contribution in [0.4, 0.5) is 5.69 Å². The molecule has 0 aliphatic rings. The fraction of sp³-hybridized carbons (Fsp3) is 0.182. The predicted octanol–water partition coefficient (Wildman–Crippen LogP) is 6.47. The lowest BCUT2D eigenvalue weighted by atomic mass is 10.1. The van der Waals surface area contributed by atoms with Crippen LogP contribution in [0.15, 0.2) is 54.6 Å². The van der Waals surface area contributed by atoms with Crippen LogP contribution in [-0.4, -0.2) is 17.4 Å². The Bertz CT molecular complexity index is 1150. The van der Waals surface area contributed by atoms with Crippen molar-refractivity contribution in [2.75, 3.05) is 11.4 Å². The van der Waals surface area contributed by atoms with Crippen molar-refractivity contribution < 1.29 is 4.79 Å². The zero-order valence-corrected chi connectivity index (χ0v) is 16.8. The highest BCUT2D eigenvalue weighted by Gasteiger charge is 2.21. The van der Waals surface area contributed by atoms with Gasteiger partial charge in [0.1, 0.15) is 5.15 Å². The molecule has 0 saturated heterocycles. The average molecular weight is 395 g/mol. The number of hydrogen-bond acceptors (Lipinski definition) is 3. The molecule has 0 radical (unpaired) electrons. The number of nitrogens with zero attached hydrogens (tertiary/aromatic N) is 2. The van der Waals surface area contributed by atoms with Gasteiger partial charge in [-0.05, 0) is 43.2 Å². The van der Waals surface area contributed by atoms with Crippen LogP contribution in [0.2, 0.25) is 5.15 Å². The van der Waals surface area contributed by atoms with Gasteiger partial charge in [-0.1, -0.05) is 48.9 Å². The van der Waals surface area contributed by atoms with Crippen molar-refractivity contribution in [2.45, 2.75) is 20.3 Å². The fourth-order valence-electron chi connectivity index (χ4n) is 3.28. The molecule has 2 heterocycles. The summed E-state index contributed by atoms with van der Waals surface area (Å²) in [4.78, 5) is 20.3. The Morgan fingerprint density at radius 1 is 1.11 bits per heavy atom. The summed E-state index contributed by atoms with van der Waals surface area (Å²) < 4.78 is 1.01. The maximum atomic E-state index is 13.3. The molecule has 0 spiro atoms. The van der Waals surface area contributed by atoms with Gasteiger partial charge in [-0.2, -0.15) is 0 Å². The van der Waals surface area contributed by atoms with Crippen LogP contribution in [-0.2, 0) is 0 Å². The highest BCUT2D eigenvalue weighted by molar-refractivity contribution is 7.22. The second-order valence-electron chi connectivity index (χ2n) is 6.57. The van der Waals surface area contributed by atoms with Crippen molar-refractivity contribution in [3.63, 3.8) is 0 Å². The van der Waals surface area contributed by atoms with Crippen LogP contribution >= 0.6 is 22.9 Å². The lowest BCUT2D eigenvalue weighted by Gasteiger charge is -2.22. The monoisotopic (exact) mass is 394 g/mol. The molecule has 0 unspecified atom stereocenters. The summed E-state index contributed by atoms with van der Waals surface area (Å²) in [6, 6.07) is 17.8. The molecule has 2 aromatic heterocycles. The number of amides is 1. The molecule has 5 heteroatoms. The third-order valence-electron chi connectivity index (χ3n) is 4.54. The molecule has 136 valence electrons. The van der Waals surface area contributed by atoms with Crippen molar-refractivity contribution in [1.29, 1.82) is 0 Å². The first-order valence-corrected chi connectivity index (χ1v) is 10.1. The van der Waals surface area contributed by atoms with E-state index in [1.165, 1.54) is 11.3 Å². The Morgan fingerprint density at radius 2 is 1.93 bits per heavy atom. The zero-order chi connectivity index (χ0) is 19.0. The topological polar surface area (TPSA) is 33.2 Å². The molecule has 3 nitrogen and oxygen atoms in total. The number of anilines is 1. The lowest BCUT2D eigenvalue weighted by molar-refractivity contribution is 0.0991. The number of rotatable bonds is 4. The number of thiophene rings is 1. The van der Waals surface area contributed by atoms with E-state index in [9.17, 15) is 4.79 Å². The number of para-hydroxylation sites is 1. The van der Waals surface area contributed by atoms with E-state index in [0.717, 1.165) is 38.7 Å². The first-order valence-electron chi connectivity index (χ1n) is 8.95. The summed E-state index contributed by atoms with van der Waals surface area (Å²) in [5, 5.41) is 2.31. The summed E-state index contributed by atoms with van der Waals surface area (Å²) in [7, 11) is 0. The minimum atomic E-state index is 0.00352. The van der Waals surface area contributed by atoms with Gasteiger partial charge >= 0.3 is 0 Å². The van der Waals surface area contributed by atoms with E-state index in [2.05, 4.69) is 11.9 Å². The van der Waals surface area contributed by atoms with Crippen LogP contribution in [0, 0.1) is 6.92 Å². The lowest BCUT2D eigenvalue weighted by Crippen LogP contribution is -2.31. The van der Waals surface area contributed by atoms with E-state index in [1.807, 2.05) is 66.4 Å². The number of hydrogen-bond donors (Lipinski definition) is 0. The first kappa shape index (κ1) is 18.0. The third kappa shape index (κ3) is 3.31. The van der Waals surface area contributed by atoms with Gasteiger partial charge in [-0.3, -0.25) is 4.79 Å². The number of aryl methyl sites for hydroxylation is 1. The van der Waals surface area contributed by atoms with Crippen LogP contribution in [0.1, 0.15) is 28.6 Å². The maximum absolute atomic E-state index is 13.3. The molecule has 2 aromatic carbocycles. The van der Waals surface area contributed by atoms with Crippen LogP contribution in [0.5, 0.6) is 0 Å². The number of carbonyl (C=O) groups excluding carboxylic acids is 1. The number of aromatic nitrogens is 1. The number of halogens is 1. The Hall–Kier alpha value is -2.43.